The summed E-state index contributed by atoms with van der Waals surface area (Å²) in [5.74, 6) is 2.63. The van der Waals surface area contributed by atoms with Crippen LogP contribution >= 0.6 is 22.6 Å². The van der Waals surface area contributed by atoms with Crippen LogP contribution in [0.2, 0.25) is 0 Å². The minimum atomic E-state index is 0.860. The van der Waals surface area contributed by atoms with Gasteiger partial charge in [0.05, 0.1) is 7.11 Å². The molecular weight excluding hydrogens is 459 g/mol. The first-order chi connectivity index (χ1) is 13.7. The van der Waals surface area contributed by atoms with Gasteiger partial charge in [-0.05, 0) is 106 Å². The molecule has 0 radical (unpaired) electrons. The van der Waals surface area contributed by atoms with Gasteiger partial charge in [0, 0.05) is 3.57 Å². The van der Waals surface area contributed by atoms with Crippen LogP contribution in [0.15, 0.2) is 90.7 Å². The molecule has 0 aromatic heterocycles. The van der Waals surface area contributed by atoms with Gasteiger partial charge in [0.15, 0.2) is 0 Å². The number of rotatable bonds is 5. The molecule has 0 aliphatic heterocycles. The van der Waals surface area contributed by atoms with Crippen LogP contribution in [0.3, 0.4) is 0 Å². The molecule has 3 heteroatoms. The minimum absolute atomic E-state index is 0.860. The van der Waals surface area contributed by atoms with Crippen LogP contribution in [0.1, 0.15) is 18.4 Å². The monoisotopic (exact) mass is 480 g/mol. The van der Waals surface area contributed by atoms with E-state index in [0.717, 1.165) is 30.1 Å². The number of benzene rings is 3. The summed E-state index contributed by atoms with van der Waals surface area (Å²) in [4.78, 5) is 0. The van der Waals surface area contributed by atoms with E-state index in [4.69, 9.17) is 9.47 Å². The van der Waals surface area contributed by atoms with Gasteiger partial charge in [-0.3, -0.25) is 0 Å². The number of ether oxygens (including phenoxy) is 2. The SMILES string of the molecule is COc1ccc(C2=CC(Oc3ccccc3)=CCC2)c(-c2cccc(I)c2)c1. The van der Waals surface area contributed by atoms with Gasteiger partial charge in [-0.15, -0.1) is 0 Å². The molecule has 0 saturated heterocycles. The van der Waals surface area contributed by atoms with Crippen molar-refractivity contribution in [3.63, 3.8) is 0 Å². The van der Waals surface area contributed by atoms with Crippen LogP contribution in [0.25, 0.3) is 16.7 Å². The molecule has 0 atom stereocenters. The van der Waals surface area contributed by atoms with Gasteiger partial charge in [-0.2, -0.15) is 0 Å². The summed E-state index contributed by atoms with van der Waals surface area (Å²) < 4.78 is 12.8. The maximum Gasteiger partial charge on any atom is 0.127 e. The second-order valence-electron chi connectivity index (χ2n) is 6.65. The molecule has 1 aliphatic rings. The summed E-state index contributed by atoms with van der Waals surface area (Å²) in [6, 6.07) is 24.8. The Morgan fingerprint density at radius 2 is 1.68 bits per heavy atom. The van der Waals surface area contributed by atoms with E-state index in [2.05, 4.69) is 71.1 Å². The molecule has 140 valence electrons. The maximum absolute atomic E-state index is 6.08. The van der Waals surface area contributed by atoms with Crippen LogP contribution in [0.4, 0.5) is 0 Å². The van der Waals surface area contributed by atoms with E-state index in [1.165, 1.54) is 25.8 Å². The first-order valence-corrected chi connectivity index (χ1v) is 10.4. The highest BCUT2D eigenvalue weighted by Gasteiger charge is 2.15. The zero-order valence-corrected chi connectivity index (χ0v) is 17.8. The lowest BCUT2D eigenvalue weighted by atomic mass is 9.90. The second kappa shape index (κ2) is 8.65. The van der Waals surface area contributed by atoms with E-state index >= 15 is 0 Å². The summed E-state index contributed by atoms with van der Waals surface area (Å²) in [5, 5.41) is 0. The minimum Gasteiger partial charge on any atom is -0.497 e. The number of hydrogen-bond acceptors (Lipinski definition) is 2. The van der Waals surface area contributed by atoms with Crippen molar-refractivity contribution in [1.29, 1.82) is 0 Å². The van der Waals surface area contributed by atoms with Crippen molar-refractivity contribution < 1.29 is 9.47 Å². The zero-order chi connectivity index (χ0) is 19.3. The Hall–Kier alpha value is -2.53. The fourth-order valence-electron chi connectivity index (χ4n) is 3.41. The van der Waals surface area contributed by atoms with E-state index in [-0.39, 0.29) is 0 Å². The van der Waals surface area contributed by atoms with Gasteiger partial charge in [0.1, 0.15) is 17.3 Å². The lowest BCUT2D eigenvalue weighted by Crippen LogP contribution is -2.00. The van der Waals surface area contributed by atoms with Crippen molar-refractivity contribution in [2.45, 2.75) is 12.8 Å². The van der Waals surface area contributed by atoms with Crippen molar-refractivity contribution in [3.8, 4) is 22.6 Å². The Bertz CT molecular complexity index is 1040. The summed E-state index contributed by atoms with van der Waals surface area (Å²) in [6.07, 6.45) is 6.28. The topological polar surface area (TPSA) is 18.5 Å². The molecule has 0 amide bonds. The van der Waals surface area contributed by atoms with Crippen molar-refractivity contribution in [3.05, 3.63) is 99.8 Å². The van der Waals surface area contributed by atoms with Gasteiger partial charge in [0.2, 0.25) is 0 Å². The smallest absolute Gasteiger partial charge is 0.127 e. The third kappa shape index (κ3) is 4.30. The molecule has 0 saturated carbocycles. The maximum atomic E-state index is 6.08. The van der Waals surface area contributed by atoms with E-state index in [0.29, 0.717) is 0 Å². The number of halogens is 1. The third-order valence-electron chi connectivity index (χ3n) is 4.76. The summed E-state index contributed by atoms with van der Waals surface area (Å²) in [5.41, 5.74) is 4.89. The molecule has 0 N–H and O–H groups in total. The van der Waals surface area contributed by atoms with Crippen LogP contribution in [-0.2, 0) is 0 Å². The molecule has 0 fully saturated rings. The third-order valence-corrected chi connectivity index (χ3v) is 5.43. The van der Waals surface area contributed by atoms with Gasteiger partial charge < -0.3 is 9.47 Å². The molecule has 2 nitrogen and oxygen atoms in total. The Balaban J connectivity index is 1.73. The summed E-state index contributed by atoms with van der Waals surface area (Å²) in [7, 11) is 1.71. The van der Waals surface area contributed by atoms with Crippen molar-refractivity contribution in [2.24, 2.45) is 0 Å². The van der Waals surface area contributed by atoms with Gasteiger partial charge in [0.25, 0.3) is 0 Å². The highest BCUT2D eigenvalue weighted by Crippen LogP contribution is 2.37. The lowest BCUT2D eigenvalue weighted by molar-refractivity contribution is 0.415. The Kier molecular flexibility index (Phi) is 5.81. The predicted octanol–water partition coefficient (Wildman–Crippen LogP) is 7.11. The van der Waals surface area contributed by atoms with E-state index in [1.807, 2.05) is 36.4 Å². The molecule has 0 bridgehead atoms. The Labute approximate surface area is 179 Å². The molecule has 0 unspecified atom stereocenters. The molecular formula is C25H21IO2. The largest absolute Gasteiger partial charge is 0.497 e. The van der Waals surface area contributed by atoms with Gasteiger partial charge >= 0.3 is 0 Å². The zero-order valence-electron chi connectivity index (χ0n) is 15.7. The molecule has 3 aromatic carbocycles. The second-order valence-corrected chi connectivity index (χ2v) is 7.90. The highest BCUT2D eigenvalue weighted by molar-refractivity contribution is 14.1. The molecule has 1 aliphatic carbocycles. The van der Waals surface area contributed by atoms with Gasteiger partial charge in [-0.25, -0.2) is 0 Å². The van der Waals surface area contributed by atoms with E-state index in [9.17, 15) is 0 Å². The molecule has 0 heterocycles. The average Bonchev–Trinajstić information content (AvgIpc) is 2.74. The number of allylic oxidation sites excluding steroid dienone is 3. The predicted molar refractivity (Wildman–Crippen MR) is 124 cm³/mol. The number of para-hydroxylation sites is 1. The Morgan fingerprint density at radius 1 is 0.821 bits per heavy atom. The standard InChI is InChI=1S/C25H21IO2/c1-27-22-13-14-24(25(17-22)18-7-5-9-20(26)15-18)19-8-6-12-23(16-19)28-21-10-3-2-4-11-21/h2-5,7,9-17H,6,8H2,1H3. The normalized spacial score (nSPS) is 13.5. The van der Waals surface area contributed by atoms with Crippen molar-refractivity contribution in [2.75, 3.05) is 7.11 Å². The first kappa shape index (κ1) is 18.8. The van der Waals surface area contributed by atoms with Crippen molar-refractivity contribution in [1.82, 2.24) is 0 Å². The summed E-state index contributed by atoms with van der Waals surface area (Å²) >= 11 is 2.36. The quantitative estimate of drug-likeness (QED) is 0.363. The Morgan fingerprint density at radius 3 is 2.46 bits per heavy atom. The lowest BCUT2D eigenvalue weighted by Gasteiger charge is -2.19. The van der Waals surface area contributed by atoms with E-state index < -0.39 is 0 Å². The van der Waals surface area contributed by atoms with Crippen LogP contribution < -0.4 is 9.47 Å². The fourth-order valence-corrected chi connectivity index (χ4v) is 3.95. The molecule has 28 heavy (non-hydrogen) atoms. The van der Waals surface area contributed by atoms with Crippen LogP contribution in [-0.4, -0.2) is 7.11 Å². The summed E-state index contributed by atoms with van der Waals surface area (Å²) in [6.45, 7) is 0. The fraction of sp³-hybridized carbons (Fsp3) is 0.120. The van der Waals surface area contributed by atoms with Crippen LogP contribution in [0.5, 0.6) is 11.5 Å². The van der Waals surface area contributed by atoms with Gasteiger partial charge in [-0.1, -0.05) is 36.4 Å². The molecule has 0 spiro atoms. The van der Waals surface area contributed by atoms with Crippen molar-refractivity contribution >= 4 is 28.2 Å². The number of hydrogen-bond donors (Lipinski definition) is 0. The number of methoxy groups -OCH3 is 1. The average molecular weight is 480 g/mol. The molecule has 4 rings (SSSR count). The van der Waals surface area contributed by atoms with E-state index in [1.54, 1.807) is 7.11 Å². The molecule has 3 aromatic rings. The highest BCUT2D eigenvalue weighted by atomic mass is 127. The first-order valence-electron chi connectivity index (χ1n) is 9.31. The van der Waals surface area contributed by atoms with Crippen LogP contribution in [0, 0.1) is 3.57 Å².